The van der Waals surface area contributed by atoms with Gasteiger partial charge in [-0.2, -0.15) is 0 Å². The summed E-state index contributed by atoms with van der Waals surface area (Å²) in [5.74, 6) is -0.774. The van der Waals surface area contributed by atoms with E-state index < -0.39 is 11.2 Å². The maximum atomic E-state index is 12.3. The van der Waals surface area contributed by atoms with E-state index in [0.29, 0.717) is 16.8 Å². The van der Waals surface area contributed by atoms with Crippen LogP contribution in [0.4, 0.5) is 0 Å². The number of ketones is 1. The van der Waals surface area contributed by atoms with Crippen LogP contribution in [0, 0.1) is 0 Å². The fourth-order valence-electron chi connectivity index (χ4n) is 2.90. The maximum absolute atomic E-state index is 12.3. The van der Waals surface area contributed by atoms with E-state index in [1.807, 2.05) is 6.26 Å². The molecule has 6 nitrogen and oxygen atoms in total. The Morgan fingerprint density at radius 2 is 2.11 bits per heavy atom. The second kappa shape index (κ2) is 8.06. The number of ether oxygens (including phenoxy) is 2. The SMILES string of the molecule is CCOC(=O)C(Sc1nc(SC)nc2sc3c(c12)CC(C)(C)OC3)C(C)=O. The number of rotatable bonds is 6. The summed E-state index contributed by atoms with van der Waals surface area (Å²) in [6, 6.07) is 0. The highest BCUT2D eigenvalue weighted by molar-refractivity contribution is 8.01. The molecule has 0 N–H and O–H groups in total. The summed E-state index contributed by atoms with van der Waals surface area (Å²) in [5.41, 5.74) is 0.884. The van der Waals surface area contributed by atoms with Crippen molar-refractivity contribution in [2.75, 3.05) is 12.9 Å². The van der Waals surface area contributed by atoms with Crippen LogP contribution in [0.2, 0.25) is 0 Å². The van der Waals surface area contributed by atoms with Gasteiger partial charge in [-0.15, -0.1) is 11.3 Å². The highest BCUT2D eigenvalue weighted by atomic mass is 32.2. The average molecular weight is 427 g/mol. The largest absolute Gasteiger partial charge is 0.465 e. The van der Waals surface area contributed by atoms with Gasteiger partial charge in [-0.05, 0) is 39.5 Å². The van der Waals surface area contributed by atoms with Gasteiger partial charge in [0.1, 0.15) is 9.86 Å². The van der Waals surface area contributed by atoms with Gasteiger partial charge in [0.25, 0.3) is 0 Å². The van der Waals surface area contributed by atoms with Crippen LogP contribution in [0.1, 0.15) is 38.1 Å². The zero-order valence-electron chi connectivity index (χ0n) is 16.0. The summed E-state index contributed by atoms with van der Waals surface area (Å²) in [7, 11) is 0. The number of aromatic nitrogens is 2. The van der Waals surface area contributed by atoms with Crippen LogP contribution in [-0.4, -0.2) is 45.4 Å². The molecule has 0 aromatic carbocycles. The molecular formula is C18H22N2O4S3. The summed E-state index contributed by atoms with van der Waals surface area (Å²) in [5, 5.41) is 1.29. The normalized spacial score (nSPS) is 16.8. The van der Waals surface area contributed by atoms with E-state index in [9.17, 15) is 9.59 Å². The summed E-state index contributed by atoms with van der Waals surface area (Å²) < 4.78 is 11.0. The number of esters is 1. The summed E-state index contributed by atoms with van der Waals surface area (Å²) >= 11 is 4.19. The Hall–Kier alpha value is -1.16. The Bertz CT molecular complexity index is 894. The Morgan fingerprint density at radius 1 is 1.37 bits per heavy atom. The van der Waals surface area contributed by atoms with Gasteiger partial charge < -0.3 is 9.47 Å². The van der Waals surface area contributed by atoms with Gasteiger partial charge in [-0.25, -0.2) is 9.97 Å². The van der Waals surface area contributed by atoms with E-state index in [1.165, 1.54) is 18.7 Å². The lowest BCUT2D eigenvalue weighted by Gasteiger charge is -2.30. The molecule has 2 aromatic heterocycles. The van der Waals surface area contributed by atoms with Crippen LogP contribution in [0.5, 0.6) is 0 Å². The van der Waals surface area contributed by atoms with Crippen LogP contribution < -0.4 is 0 Å². The first-order valence-electron chi connectivity index (χ1n) is 8.59. The van der Waals surface area contributed by atoms with E-state index in [0.717, 1.165) is 38.8 Å². The van der Waals surface area contributed by atoms with Gasteiger partial charge in [0.2, 0.25) is 0 Å². The quantitative estimate of drug-likeness (QED) is 0.226. The number of carbonyl (C=O) groups excluding carboxylic acids is 2. The molecule has 1 unspecified atom stereocenters. The lowest BCUT2D eigenvalue weighted by Crippen LogP contribution is -2.31. The molecular weight excluding hydrogens is 404 g/mol. The van der Waals surface area contributed by atoms with E-state index >= 15 is 0 Å². The van der Waals surface area contributed by atoms with E-state index in [2.05, 4.69) is 23.8 Å². The molecule has 0 saturated carbocycles. The molecule has 0 saturated heterocycles. The lowest BCUT2D eigenvalue weighted by molar-refractivity contribution is -0.144. The van der Waals surface area contributed by atoms with Crippen molar-refractivity contribution >= 4 is 56.8 Å². The van der Waals surface area contributed by atoms with E-state index in [-0.39, 0.29) is 18.0 Å². The third-order valence-electron chi connectivity index (χ3n) is 4.16. The zero-order chi connectivity index (χ0) is 19.8. The van der Waals surface area contributed by atoms with Crippen molar-refractivity contribution in [3.8, 4) is 0 Å². The molecule has 0 bridgehead atoms. The standard InChI is InChI=1S/C18H22N2O4S3/c1-6-23-16(22)13(9(2)21)27-15-12-10-7-18(3,4)24-8-11(10)26-14(12)19-17(20-15)25-5/h13H,6-8H2,1-5H3. The Balaban J connectivity index is 2.11. The second-order valence-electron chi connectivity index (χ2n) is 6.79. The highest BCUT2D eigenvalue weighted by Gasteiger charge is 2.33. The monoisotopic (exact) mass is 426 g/mol. The first-order valence-corrected chi connectivity index (χ1v) is 11.5. The number of thioether (sulfide) groups is 2. The first-order chi connectivity index (χ1) is 12.8. The number of thiophene rings is 1. The van der Waals surface area contributed by atoms with Gasteiger partial charge in [-0.3, -0.25) is 9.59 Å². The molecule has 1 atom stereocenters. The number of fused-ring (bicyclic) bond motifs is 3. The zero-order valence-corrected chi connectivity index (χ0v) is 18.4. The molecule has 3 heterocycles. The minimum Gasteiger partial charge on any atom is -0.465 e. The predicted octanol–water partition coefficient (Wildman–Crippen LogP) is 3.88. The van der Waals surface area contributed by atoms with Crippen molar-refractivity contribution in [1.82, 2.24) is 9.97 Å². The molecule has 9 heteroatoms. The molecule has 3 rings (SSSR count). The Kier molecular flexibility index (Phi) is 6.14. The molecule has 0 aliphatic carbocycles. The van der Waals surface area contributed by atoms with E-state index in [1.54, 1.807) is 18.3 Å². The minimum absolute atomic E-state index is 0.234. The van der Waals surface area contributed by atoms with Crippen molar-refractivity contribution in [3.05, 3.63) is 10.4 Å². The molecule has 27 heavy (non-hydrogen) atoms. The smallest absolute Gasteiger partial charge is 0.327 e. The number of nitrogens with zero attached hydrogens (tertiary/aromatic N) is 2. The van der Waals surface area contributed by atoms with Crippen LogP contribution in [0.3, 0.4) is 0 Å². The molecule has 1 aliphatic rings. The van der Waals surface area contributed by atoms with Crippen molar-refractivity contribution in [2.45, 2.75) is 61.8 Å². The van der Waals surface area contributed by atoms with Crippen LogP contribution in [0.25, 0.3) is 10.2 Å². The predicted molar refractivity (Wildman–Crippen MR) is 109 cm³/mol. The highest BCUT2D eigenvalue weighted by Crippen LogP contribution is 2.43. The Morgan fingerprint density at radius 3 is 2.74 bits per heavy atom. The van der Waals surface area contributed by atoms with Gasteiger partial charge >= 0.3 is 5.97 Å². The maximum Gasteiger partial charge on any atom is 0.327 e. The van der Waals surface area contributed by atoms with Crippen molar-refractivity contribution in [1.29, 1.82) is 0 Å². The molecule has 0 spiro atoms. The molecule has 0 radical (unpaired) electrons. The lowest BCUT2D eigenvalue weighted by atomic mass is 9.95. The van der Waals surface area contributed by atoms with Crippen molar-refractivity contribution in [3.63, 3.8) is 0 Å². The minimum atomic E-state index is -0.929. The average Bonchev–Trinajstić information content (AvgIpc) is 2.95. The number of carbonyl (C=O) groups is 2. The van der Waals surface area contributed by atoms with Crippen LogP contribution in [-0.2, 0) is 32.1 Å². The van der Waals surface area contributed by atoms with Gasteiger partial charge in [0.05, 0.1) is 18.8 Å². The summed E-state index contributed by atoms with van der Waals surface area (Å²) in [6.07, 6.45) is 2.64. The second-order valence-corrected chi connectivity index (χ2v) is 9.74. The molecule has 2 aromatic rings. The summed E-state index contributed by atoms with van der Waals surface area (Å²) in [6.45, 7) is 8.02. The van der Waals surface area contributed by atoms with Crippen molar-refractivity contribution < 1.29 is 19.1 Å². The summed E-state index contributed by atoms with van der Waals surface area (Å²) in [4.78, 5) is 35.7. The molecule has 0 amide bonds. The topological polar surface area (TPSA) is 78.4 Å². The molecule has 1 aliphatic heterocycles. The number of hydrogen-bond acceptors (Lipinski definition) is 9. The van der Waals surface area contributed by atoms with Gasteiger partial charge in [-0.1, -0.05) is 23.5 Å². The molecule has 0 fully saturated rings. The number of Topliss-reactive ketones (excluding diaryl/α,β-unsaturated/α-hetero) is 1. The van der Waals surface area contributed by atoms with Crippen LogP contribution in [0.15, 0.2) is 10.2 Å². The third kappa shape index (κ3) is 4.31. The van der Waals surface area contributed by atoms with Gasteiger partial charge in [0, 0.05) is 16.7 Å². The third-order valence-corrected chi connectivity index (χ3v) is 7.08. The van der Waals surface area contributed by atoms with Crippen LogP contribution >= 0.6 is 34.9 Å². The Labute approximate surface area is 170 Å². The van der Waals surface area contributed by atoms with E-state index in [4.69, 9.17) is 9.47 Å². The molecule has 146 valence electrons. The fourth-order valence-corrected chi connectivity index (χ4v) is 5.57. The van der Waals surface area contributed by atoms with Gasteiger partial charge in [0.15, 0.2) is 16.2 Å². The van der Waals surface area contributed by atoms with Crippen molar-refractivity contribution in [2.24, 2.45) is 0 Å². The number of hydrogen-bond donors (Lipinski definition) is 0. The first kappa shape index (κ1) is 20.6. The fraction of sp³-hybridized carbons (Fsp3) is 0.556.